The highest BCUT2D eigenvalue weighted by atomic mass is 19.1. The van der Waals surface area contributed by atoms with Crippen LogP contribution in [-0.2, 0) is 6.42 Å². The van der Waals surface area contributed by atoms with Crippen molar-refractivity contribution >= 4 is 11.4 Å². The number of aromatic nitrogens is 2. The predicted molar refractivity (Wildman–Crippen MR) is 68.1 cm³/mol. The fraction of sp³-hybridized carbons (Fsp3) is 0.250. The van der Waals surface area contributed by atoms with Gasteiger partial charge in [-0.05, 0) is 0 Å². The minimum absolute atomic E-state index is 0.286. The summed E-state index contributed by atoms with van der Waals surface area (Å²) in [5, 5.41) is 2.99. The third kappa shape index (κ3) is 2.71. The topological polar surface area (TPSA) is 76.0 Å². The van der Waals surface area contributed by atoms with Gasteiger partial charge in [0, 0.05) is 37.0 Å². The molecule has 0 saturated heterocycles. The van der Waals surface area contributed by atoms with Gasteiger partial charge in [-0.25, -0.2) is 9.37 Å². The van der Waals surface area contributed by atoms with Gasteiger partial charge in [-0.15, -0.1) is 0 Å². The van der Waals surface area contributed by atoms with E-state index >= 15 is 0 Å². The first kappa shape index (κ1) is 12.2. The van der Waals surface area contributed by atoms with Crippen molar-refractivity contribution in [1.82, 2.24) is 9.97 Å². The van der Waals surface area contributed by atoms with Gasteiger partial charge in [-0.3, -0.25) is 0 Å². The zero-order valence-corrected chi connectivity index (χ0v) is 10.0. The van der Waals surface area contributed by atoms with Crippen molar-refractivity contribution in [2.24, 2.45) is 0 Å². The van der Waals surface area contributed by atoms with Crippen molar-refractivity contribution in [2.45, 2.75) is 6.42 Å². The predicted octanol–water partition coefficient (Wildman–Crippen LogP) is 1.79. The van der Waals surface area contributed by atoms with Crippen molar-refractivity contribution in [3.05, 3.63) is 36.2 Å². The smallest absolute Gasteiger partial charge is 0.148 e. The summed E-state index contributed by atoms with van der Waals surface area (Å²) >= 11 is 0. The molecule has 0 amide bonds. The number of halogens is 1. The molecule has 5 nitrogen and oxygen atoms in total. The van der Waals surface area contributed by atoms with Crippen LogP contribution in [0, 0.1) is 5.82 Å². The van der Waals surface area contributed by atoms with E-state index < -0.39 is 5.82 Å². The molecule has 0 atom stereocenters. The zero-order chi connectivity index (χ0) is 13.0. The van der Waals surface area contributed by atoms with Crippen molar-refractivity contribution in [2.75, 3.05) is 24.7 Å². The van der Waals surface area contributed by atoms with Crippen molar-refractivity contribution in [3.8, 4) is 5.75 Å². The van der Waals surface area contributed by atoms with Gasteiger partial charge < -0.3 is 20.8 Å². The Morgan fingerprint density at radius 2 is 2.33 bits per heavy atom. The highest BCUT2D eigenvalue weighted by Gasteiger charge is 2.07. The van der Waals surface area contributed by atoms with Gasteiger partial charge in [0.15, 0.2) is 0 Å². The first-order valence-electron chi connectivity index (χ1n) is 5.55. The second-order valence-electron chi connectivity index (χ2n) is 3.83. The Hall–Kier alpha value is -2.24. The van der Waals surface area contributed by atoms with Crippen LogP contribution in [0.1, 0.15) is 5.69 Å². The number of nitrogens with zero attached hydrogens (tertiary/aromatic N) is 1. The van der Waals surface area contributed by atoms with Gasteiger partial charge in [0.1, 0.15) is 11.6 Å². The van der Waals surface area contributed by atoms with Gasteiger partial charge >= 0.3 is 0 Å². The summed E-state index contributed by atoms with van der Waals surface area (Å²) in [5.41, 5.74) is 7.25. The van der Waals surface area contributed by atoms with Gasteiger partial charge in [-0.1, -0.05) is 0 Å². The normalized spacial score (nSPS) is 10.3. The van der Waals surface area contributed by atoms with Crippen LogP contribution < -0.4 is 15.8 Å². The van der Waals surface area contributed by atoms with Crippen LogP contribution in [0.2, 0.25) is 0 Å². The number of methoxy groups -OCH3 is 1. The Balaban J connectivity index is 2.00. The van der Waals surface area contributed by atoms with Gasteiger partial charge in [-0.2, -0.15) is 0 Å². The molecule has 1 aromatic heterocycles. The highest BCUT2D eigenvalue weighted by Crippen LogP contribution is 2.28. The average Bonchev–Trinajstić information content (AvgIpc) is 2.85. The van der Waals surface area contributed by atoms with E-state index in [0.29, 0.717) is 18.0 Å². The quantitative estimate of drug-likeness (QED) is 0.707. The van der Waals surface area contributed by atoms with Gasteiger partial charge in [0.25, 0.3) is 0 Å². The molecule has 0 aliphatic rings. The summed E-state index contributed by atoms with van der Waals surface area (Å²) < 4.78 is 18.7. The number of nitrogens with two attached hydrogens (primary N) is 1. The number of imidazole rings is 1. The molecule has 1 heterocycles. The molecule has 6 heteroatoms. The minimum atomic E-state index is -0.391. The Morgan fingerprint density at radius 3 is 3.00 bits per heavy atom. The lowest BCUT2D eigenvalue weighted by Crippen LogP contribution is -2.07. The van der Waals surface area contributed by atoms with Crippen LogP contribution in [0.3, 0.4) is 0 Å². The maximum absolute atomic E-state index is 13.6. The van der Waals surface area contributed by atoms with E-state index in [0.717, 1.165) is 12.1 Å². The molecule has 0 bridgehead atoms. The van der Waals surface area contributed by atoms with Crippen molar-refractivity contribution < 1.29 is 9.13 Å². The zero-order valence-electron chi connectivity index (χ0n) is 10.0. The largest absolute Gasteiger partial charge is 0.495 e. The minimum Gasteiger partial charge on any atom is -0.495 e. The second-order valence-corrected chi connectivity index (χ2v) is 3.83. The molecular weight excluding hydrogens is 235 g/mol. The summed E-state index contributed by atoms with van der Waals surface area (Å²) in [7, 11) is 1.50. The van der Waals surface area contributed by atoms with Crippen LogP contribution in [0.5, 0.6) is 5.75 Å². The Bertz CT molecular complexity index is 513. The molecule has 0 radical (unpaired) electrons. The third-order valence-electron chi connectivity index (χ3n) is 2.58. The summed E-state index contributed by atoms with van der Waals surface area (Å²) in [5.74, 6) is 0.0679. The van der Waals surface area contributed by atoms with Crippen LogP contribution in [-0.4, -0.2) is 23.6 Å². The number of anilines is 2. The summed E-state index contributed by atoms with van der Waals surface area (Å²) in [6, 6.07) is 2.80. The van der Waals surface area contributed by atoms with Crippen molar-refractivity contribution in [3.63, 3.8) is 0 Å². The van der Waals surface area contributed by atoms with Crippen LogP contribution in [0.25, 0.3) is 0 Å². The first-order valence-corrected chi connectivity index (χ1v) is 5.55. The first-order chi connectivity index (χ1) is 8.70. The standard InChI is InChI=1S/C12H15FN4O/c1-18-12-5-11(9(13)4-10(12)14)16-3-2-8-6-15-7-17-8/h4-7,16H,2-3,14H2,1H3,(H,15,17). The van der Waals surface area contributed by atoms with Crippen LogP contribution in [0.4, 0.5) is 15.8 Å². The van der Waals surface area contributed by atoms with Crippen LogP contribution >= 0.6 is 0 Å². The lowest BCUT2D eigenvalue weighted by Gasteiger charge is -2.10. The molecule has 0 aliphatic heterocycles. The lowest BCUT2D eigenvalue weighted by molar-refractivity contribution is 0.416. The number of nitrogens with one attached hydrogen (secondary N) is 2. The molecule has 1 aromatic carbocycles. The third-order valence-corrected chi connectivity index (χ3v) is 2.58. The molecule has 0 fully saturated rings. The molecule has 18 heavy (non-hydrogen) atoms. The van der Waals surface area contributed by atoms with E-state index in [2.05, 4.69) is 15.3 Å². The molecule has 96 valence electrons. The number of hydrogen-bond donors (Lipinski definition) is 3. The lowest BCUT2D eigenvalue weighted by atomic mass is 10.2. The number of aromatic amines is 1. The van der Waals surface area contributed by atoms with E-state index in [-0.39, 0.29) is 5.69 Å². The number of benzene rings is 1. The maximum atomic E-state index is 13.6. The number of rotatable bonds is 5. The molecule has 2 aromatic rings. The van der Waals surface area contributed by atoms with E-state index in [1.165, 1.54) is 13.2 Å². The van der Waals surface area contributed by atoms with Gasteiger partial charge in [0.05, 0.1) is 24.8 Å². The number of H-pyrrole nitrogens is 1. The number of hydrogen-bond acceptors (Lipinski definition) is 4. The van der Waals surface area contributed by atoms with E-state index in [1.807, 2.05) is 0 Å². The number of ether oxygens (including phenoxy) is 1. The Kier molecular flexibility index (Phi) is 3.66. The fourth-order valence-electron chi connectivity index (χ4n) is 1.63. The van der Waals surface area contributed by atoms with Crippen LogP contribution in [0.15, 0.2) is 24.7 Å². The molecule has 0 saturated carbocycles. The maximum Gasteiger partial charge on any atom is 0.148 e. The summed E-state index contributed by atoms with van der Waals surface area (Å²) in [4.78, 5) is 6.89. The average molecular weight is 250 g/mol. The SMILES string of the molecule is COc1cc(NCCc2cnc[nH]2)c(F)cc1N. The van der Waals surface area contributed by atoms with Gasteiger partial charge in [0.2, 0.25) is 0 Å². The van der Waals surface area contributed by atoms with E-state index in [1.54, 1.807) is 18.6 Å². The Morgan fingerprint density at radius 1 is 1.50 bits per heavy atom. The summed E-state index contributed by atoms with van der Waals surface area (Å²) in [6.07, 6.45) is 4.08. The highest BCUT2D eigenvalue weighted by molar-refractivity contribution is 5.62. The molecule has 4 N–H and O–H groups in total. The second kappa shape index (κ2) is 5.39. The van der Waals surface area contributed by atoms with Crippen molar-refractivity contribution in [1.29, 1.82) is 0 Å². The number of nitrogen functional groups attached to an aromatic ring is 1. The molecular formula is C12H15FN4O. The fourth-order valence-corrected chi connectivity index (χ4v) is 1.63. The Labute approximate surface area is 104 Å². The monoisotopic (exact) mass is 250 g/mol. The molecule has 0 aliphatic carbocycles. The summed E-state index contributed by atoms with van der Waals surface area (Å²) in [6.45, 7) is 0.589. The molecule has 2 rings (SSSR count). The molecule has 0 spiro atoms. The van der Waals surface area contributed by atoms with E-state index in [9.17, 15) is 4.39 Å². The molecule has 0 unspecified atom stereocenters. The van der Waals surface area contributed by atoms with E-state index in [4.69, 9.17) is 10.5 Å².